The van der Waals surface area contributed by atoms with Crippen LogP contribution in [0, 0.1) is 11.6 Å². The van der Waals surface area contributed by atoms with Crippen LogP contribution in [-0.4, -0.2) is 31.5 Å². The van der Waals surface area contributed by atoms with E-state index in [2.05, 4.69) is 4.98 Å². The number of halogens is 5. The molecule has 0 atom stereocenters. The molecule has 51 heavy (non-hydrogen) atoms. The topological polar surface area (TPSA) is 60.1 Å². The second-order valence-corrected chi connectivity index (χ2v) is 13.1. The lowest BCUT2D eigenvalue weighted by atomic mass is 10.0. The van der Waals surface area contributed by atoms with Gasteiger partial charge in [0, 0.05) is 61.7 Å². The highest BCUT2D eigenvalue weighted by molar-refractivity contribution is 7.98. The molecule has 6 rings (SSSR count). The number of aryl methyl sites for hydroxylation is 2. The number of fused-ring (bicyclic) bond motifs is 1. The van der Waals surface area contributed by atoms with Crippen LogP contribution in [0.4, 0.5) is 22.0 Å². The summed E-state index contributed by atoms with van der Waals surface area (Å²) in [5.74, 6) is -1.24. The summed E-state index contributed by atoms with van der Waals surface area (Å²) in [4.78, 5) is 33.4. The van der Waals surface area contributed by atoms with Gasteiger partial charge in [0.2, 0.25) is 5.91 Å². The molecule has 0 aliphatic heterocycles. The van der Waals surface area contributed by atoms with Gasteiger partial charge in [-0.05, 0) is 53.4 Å². The molecule has 0 aliphatic carbocycles. The van der Waals surface area contributed by atoms with Crippen molar-refractivity contribution in [3.05, 3.63) is 154 Å². The third-order valence-electron chi connectivity index (χ3n) is 8.66. The predicted octanol–water partition coefficient (Wildman–Crippen LogP) is 8.65. The first-order valence-corrected chi connectivity index (χ1v) is 17.2. The number of nitrogens with zero attached hydrogens (tertiary/aromatic N) is 4. The molecule has 6 nitrogen and oxygen atoms in total. The van der Waals surface area contributed by atoms with Crippen molar-refractivity contribution in [1.82, 2.24) is 19.0 Å². The molecular weight excluding hydrogens is 684 g/mol. The molecule has 4 aromatic carbocycles. The van der Waals surface area contributed by atoms with Crippen molar-refractivity contribution in [2.24, 2.45) is 7.05 Å². The SMILES string of the molecule is Cn1ccnc1CCCN(Cc1ccc(-c2ccc(C(F)(F)F)cc2)cc1)C(=O)Cn1c(SCc2cccc(F)c2F)cc(=O)c2ccccc21. The zero-order valence-corrected chi connectivity index (χ0v) is 28.4. The molecule has 0 saturated heterocycles. The summed E-state index contributed by atoms with van der Waals surface area (Å²) in [6, 6.07) is 24.6. The number of alkyl halides is 3. The van der Waals surface area contributed by atoms with Crippen molar-refractivity contribution < 1.29 is 26.7 Å². The van der Waals surface area contributed by atoms with E-state index < -0.39 is 23.4 Å². The maximum atomic E-state index is 14.5. The normalized spacial score (nSPS) is 11.6. The number of imidazole rings is 1. The number of carbonyl (C=O) groups excluding carboxylic acids is 1. The van der Waals surface area contributed by atoms with Crippen molar-refractivity contribution in [3.63, 3.8) is 0 Å². The molecular formula is C39H33F5N4O2S. The number of hydrogen-bond acceptors (Lipinski definition) is 4. The standard InChI is InChI=1S/C39H33F5N4O2S/c1-46-21-19-45-35(46)10-5-20-47(23-26-11-13-27(14-12-26)28-15-17-30(18-16-28)39(42,43)44)36(50)24-48-33-9-3-2-7-31(33)34(49)22-37(48)51-25-29-6-4-8-32(40)38(29)41/h2-4,6-9,11-19,21-22H,5,10,20,23-25H2,1H3. The summed E-state index contributed by atoms with van der Waals surface area (Å²) in [6.45, 7) is 0.518. The molecule has 6 aromatic rings. The van der Waals surface area contributed by atoms with Gasteiger partial charge in [0.05, 0.1) is 16.1 Å². The quantitative estimate of drug-likeness (QED) is 0.0940. The van der Waals surface area contributed by atoms with Crippen molar-refractivity contribution in [2.75, 3.05) is 6.54 Å². The molecule has 262 valence electrons. The van der Waals surface area contributed by atoms with Gasteiger partial charge < -0.3 is 14.0 Å². The second-order valence-electron chi connectivity index (χ2n) is 12.1. The van der Waals surface area contributed by atoms with E-state index in [4.69, 9.17) is 0 Å². The van der Waals surface area contributed by atoms with Crippen LogP contribution in [0.2, 0.25) is 0 Å². The Morgan fingerprint density at radius 1 is 0.902 bits per heavy atom. The first-order chi connectivity index (χ1) is 24.5. The monoisotopic (exact) mass is 716 g/mol. The van der Waals surface area contributed by atoms with Crippen LogP contribution in [0.25, 0.3) is 22.0 Å². The van der Waals surface area contributed by atoms with E-state index >= 15 is 0 Å². The van der Waals surface area contributed by atoms with E-state index in [0.29, 0.717) is 40.9 Å². The number of rotatable bonds is 12. The van der Waals surface area contributed by atoms with Crippen LogP contribution in [-0.2, 0) is 43.3 Å². The fourth-order valence-electron chi connectivity index (χ4n) is 5.87. The van der Waals surface area contributed by atoms with Gasteiger partial charge in [-0.25, -0.2) is 13.8 Å². The molecule has 12 heteroatoms. The number of thioether (sulfide) groups is 1. The van der Waals surface area contributed by atoms with Gasteiger partial charge in [-0.15, -0.1) is 11.8 Å². The van der Waals surface area contributed by atoms with E-state index in [9.17, 15) is 31.5 Å². The lowest BCUT2D eigenvalue weighted by molar-refractivity contribution is -0.137. The first-order valence-electron chi connectivity index (χ1n) is 16.2. The number of amides is 1. The van der Waals surface area contributed by atoms with Crippen LogP contribution >= 0.6 is 11.8 Å². The van der Waals surface area contributed by atoms with Gasteiger partial charge >= 0.3 is 6.18 Å². The van der Waals surface area contributed by atoms with Crippen LogP contribution in [0.3, 0.4) is 0 Å². The van der Waals surface area contributed by atoms with Crippen molar-refractivity contribution >= 4 is 28.6 Å². The smallest absolute Gasteiger partial charge is 0.338 e. The molecule has 0 spiro atoms. The molecule has 2 aromatic heterocycles. The van der Waals surface area contributed by atoms with Crippen molar-refractivity contribution in [3.8, 4) is 11.1 Å². The molecule has 0 saturated carbocycles. The van der Waals surface area contributed by atoms with Gasteiger partial charge in [0.25, 0.3) is 0 Å². The van der Waals surface area contributed by atoms with Crippen LogP contribution in [0.5, 0.6) is 0 Å². The Morgan fingerprint density at radius 2 is 1.61 bits per heavy atom. The number of pyridine rings is 1. The second kappa shape index (κ2) is 15.3. The average Bonchev–Trinajstić information content (AvgIpc) is 3.53. The third-order valence-corrected chi connectivity index (χ3v) is 9.75. The Kier molecular flexibility index (Phi) is 10.7. The Balaban J connectivity index is 1.27. The number of hydrogen-bond donors (Lipinski definition) is 0. The molecule has 0 N–H and O–H groups in total. The largest absolute Gasteiger partial charge is 0.416 e. The molecule has 0 unspecified atom stereocenters. The Labute approximate surface area is 295 Å². The highest BCUT2D eigenvalue weighted by Gasteiger charge is 2.30. The van der Waals surface area contributed by atoms with Gasteiger partial charge in [-0.3, -0.25) is 9.59 Å². The summed E-state index contributed by atoms with van der Waals surface area (Å²) in [5, 5.41) is 0.858. The summed E-state index contributed by atoms with van der Waals surface area (Å²) in [7, 11) is 1.90. The molecule has 0 aliphatic rings. The minimum Gasteiger partial charge on any atom is -0.338 e. The van der Waals surface area contributed by atoms with Crippen molar-refractivity contribution in [1.29, 1.82) is 0 Å². The summed E-state index contributed by atoms with van der Waals surface area (Å²) in [6.07, 6.45) is 0.390. The molecule has 2 heterocycles. The van der Waals surface area contributed by atoms with Gasteiger partial charge in [-0.1, -0.05) is 60.7 Å². The lowest BCUT2D eigenvalue weighted by Gasteiger charge is -2.25. The van der Waals surface area contributed by atoms with Crippen molar-refractivity contribution in [2.45, 2.75) is 42.9 Å². The zero-order valence-electron chi connectivity index (χ0n) is 27.5. The average molecular weight is 717 g/mol. The first kappa shape index (κ1) is 35.6. The maximum absolute atomic E-state index is 14.5. The molecule has 0 bridgehead atoms. The van der Waals surface area contributed by atoms with Crippen LogP contribution in [0.1, 0.15) is 28.9 Å². The summed E-state index contributed by atoms with van der Waals surface area (Å²) >= 11 is 1.14. The van der Waals surface area contributed by atoms with Gasteiger partial charge in [0.1, 0.15) is 12.4 Å². The lowest BCUT2D eigenvalue weighted by Crippen LogP contribution is -2.35. The number of carbonyl (C=O) groups is 1. The number of aromatic nitrogens is 3. The van der Waals surface area contributed by atoms with Crippen LogP contribution < -0.4 is 5.43 Å². The molecule has 1 amide bonds. The third kappa shape index (κ3) is 8.39. The zero-order chi connectivity index (χ0) is 36.1. The Morgan fingerprint density at radius 3 is 2.29 bits per heavy atom. The number of para-hydroxylation sites is 1. The van der Waals surface area contributed by atoms with Gasteiger partial charge in [0.15, 0.2) is 17.1 Å². The highest BCUT2D eigenvalue weighted by Crippen LogP contribution is 2.31. The van der Waals surface area contributed by atoms with E-state index in [1.54, 1.807) is 39.9 Å². The minimum absolute atomic E-state index is 0.0359. The fraction of sp³-hybridized carbons (Fsp3) is 0.205. The van der Waals surface area contributed by atoms with E-state index in [-0.39, 0.29) is 35.7 Å². The summed E-state index contributed by atoms with van der Waals surface area (Å²) < 4.78 is 71.3. The fourth-order valence-corrected chi connectivity index (χ4v) is 6.90. The molecule has 0 fully saturated rings. The van der Waals surface area contributed by atoms with Crippen LogP contribution in [0.15, 0.2) is 119 Å². The highest BCUT2D eigenvalue weighted by atomic mass is 32.2. The Hall–Kier alpha value is -5.23. The Bertz CT molecular complexity index is 2210. The van der Waals surface area contributed by atoms with Gasteiger partial charge in [-0.2, -0.15) is 13.2 Å². The molecule has 0 radical (unpaired) electrons. The minimum atomic E-state index is -4.42. The van der Waals surface area contributed by atoms with E-state index in [1.807, 2.05) is 42.1 Å². The summed E-state index contributed by atoms with van der Waals surface area (Å²) in [5.41, 5.74) is 1.87. The predicted molar refractivity (Wildman–Crippen MR) is 188 cm³/mol. The number of benzene rings is 4. The van der Waals surface area contributed by atoms with E-state index in [1.165, 1.54) is 30.3 Å². The van der Waals surface area contributed by atoms with E-state index in [0.717, 1.165) is 46.9 Å². The maximum Gasteiger partial charge on any atom is 0.416 e.